The summed E-state index contributed by atoms with van der Waals surface area (Å²) in [5, 5.41) is 0. The highest BCUT2D eigenvalue weighted by molar-refractivity contribution is 7.92. The molecule has 1 aliphatic rings. The third-order valence-corrected chi connectivity index (χ3v) is 4.12. The van der Waals surface area contributed by atoms with Crippen molar-refractivity contribution in [1.29, 1.82) is 0 Å². The van der Waals surface area contributed by atoms with Crippen LogP contribution in [0, 0.1) is 0 Å². The van der Waals surface area contributed by atoms with Crippen molar-refractivity contribution in [3.05, 3.63) is 24.3 Å². The largest absolute Gasteiger partial charge is 0.279 e. The number of hydrogen-bond acceptors (Lipinski definition) is 1. The van der Waals surface area contributed by atoms with Crippen LogP contribution in [0.5, 0.6) is 0 Å². The predicted molar refractivity (Wildman–Crippen MR) is 47.3 cm³/mol. The van der Waals surface area contributed by atoms with Crippen molar-refractivity contribution in [1.82, 2.24) is 0 Å². The van der Waals surface area contributed by atoms with Gasteiger partial charge in [-0.25, -0.2) is 4.21 Å². The van der Waals surface area contributed by atoms with Crippen molar-refractivity contribution in [3.63, 3.8) is 0 Å². The predicted octanol–water partition coefficient (Wildman–Crippen LogP) is 1.46. The van der Waals surface area contributed by atoms with Crippen LogP contribution in [0.2, 0.25) is 0 Å². The molecule has 0 heterocycles. The van der Waals surface area contributed by atoms with Crippen molar-refractivity contribution in [2.75, 3.05) is 6.26 Å². The summed E-state index contributed by atoms with van der Waals surface area (Å²) in [7, 11) is -2.71. The highest BCUT2D eigenvalue weighted by atomic mass is 32.2. The first-order valence-corrected chi connectivity index (χ1v) is 5.44. The first-order chi connectivity index (χ1) is 4.96. The average molecular weight is 173 g/mol. The van der Waals surface area contributed by atoms with E-state index in [0.29, 0.717) is 6.42 Å². The van der Waals surface area contributed by atoms with E-state index >= 15 is 0 Å². The van der Waals surface area contributed by atoms with Crippen LogP contribution in [0.4, 0.5) is 0 Å². The fourth-order valence-corrected chi connectivity index (χ4v) is 1.73. The smallest absolute Gasteiger partial charge is 0.228 e. The highest BCUT2D eigenvalue weighted by Crippen LogP contribution is 2.25. The Labute approximate surface area is 67.5 Å². The van der Waals surface area contributed by atoms with Crippen molar-refractivity contribution in [2.24, 2.45) is 0 Å². The van der Waals surface area contributed by atoms with E-state index in [2.05, 4.69) is 0 Å². The fraction of sp³-hybridized carbons (Fsp3) is 0.500. The van der Waals surface area contributed by atoms with Crippen LogP contribution in [0.15, 0.2) is 24.3 Å². The lowest BCUT2D eigenvalue weighted by Gasteiger charge is -2.19. The van der Waals surface area contributed by atoms with Gasteiger partial charge < -0.3 is 0 Å². The maximum Gasteiger partial charge on any atom is 0.279 e. The molecule has 0 saturated heterocycles. The topological polar surface area (TPSA) is 38.5 Å². The van der Waals surface area contributed by atoms with Crippen LogP contribution in [0.1, 0.15) is 13.3 Å². The molecule has 0 aromatic heterocycles. The van der Waals surface area contributed by atoms with Crippen LogP contribution >= 0.6 is 0 Å². The van der Waals surface area contributed by atoms with Crippen LogP contribution in [0.3, 0.4) is 0 Å². The van der Waals surface area contributed by atoms with E-state index in [9.17, 15) is 8.42 Å². The minimum atomic E-state index is -2.71. The van der Waals surface area contributed by atoms with Gasteiger partial charge in [0.1, 0.15) is 4.75 Å². The second-order valence-corrected chi connectivity index (χ2v) is 5.64. The van der Waals surface area contributed by atoms with Crippen LogP contribution in [-0.2, 0) is 9.84 Å². The zero-order chi connectivity index (χ0) is 8.54. The molecule has 3 heteroatoms. The zero-order valence-corrected chi connectivity index (χ0v) is 7.60. The van der Waals surface area contributed by atoms with Crippen molar-refractivity contribution in [3.8, 4) is 0 Å². The molecule has 0 bridgehead atoms. The molecule has 1 aliphatic carbocycles. The van der Waals surface area contributed by atoms with Crippen molar-refractivity contribution in [2.45, 2.75) is 18.1 Å². The minimum Gasteiger partial charge on any atom is -0.228 e. The molecule has 0 aromatic rings. The number of rotatable bonds is 1. The maximum atomic E-state index is 11.3. The van der Waals surface area contributed by atoms with Crippen LogP contribution < -0.4 is 0 Å². The van der Waals surface area contributed by atoms with Gasteiger partial charge in [0.15, 0.2) is 0 Å². The van der Waals surface area contributed by atoms with Gasteiger partial charge in [-0.1, -0.05) is 24.3 Å². The van der Waals surface area contributed by atoms with Gasteiger partial charge in [-0.05, 0) is 13.3 Å². The molecule has 0 radical (unpaired) electrons. The second kappa shape index (κ2) is 2.48. The van der Waals surface area contributed by atoms with Crippen LogP contribution in [-0.4, -0.2) is 19.4 Å². The van der Waals surface area contributed by atoms with Gasteiger partial charge in [-0.2, -0.15) is 4.21 Å². The normalized spacial score (nSPS) is 35.1. The Kier molecular flexibility index (Phi) is 1.92. The second-order valence-electron chi connectivity index (χ2n) is 3.11. The van der Waals surface area contributed by atoms with Gasteiger partial charge in [-0.15, -0.1) is 0 Å². The van der Waals surface area contributed by atoms with E-state index < -0.39 is 14.6 Å². The van der Waals surface area contributed by atoms with E-state index in [1.54, 1.807) is 13.0 Å². The van der Waals surface area contributed by atoms with E-state index in [1.807, 2.05) is 18.2 Å². The third kappa shape index (κ3) is 1.53. The fourth-order valence-electron chi connectivity index (χ4n) is 0.989. The molecule has 62 valence electrons. The summed E-state index contributed by atoms with van der Waals surface area (Å²) in [6, 6.07) is 0. The Morgan fingerprint density at radius 3 is 2.45 bits per heavy atom. The Morgan fingerprint density at radius 1 is 1.55 bits per heavy atom. The molecule has 0 amide bonds. The quantitative estimate of drug-likeness (QED) is 0.553. The van der Waals surface area contributed by atoms with Crippen molar-refractivity contribution < 1.29 is 8.42 Å². The summed E-state index contributed by atoms with van der Waals surface area (Å²) in [6.45, 7) is 1.80. The maximum absolute atomic E-state index is 11.3. The molecule has 0 fully saturated rings. The molecule has 2 unspecified atom stereocenters. The minimum absolute atomic E-state index is 0.568. The molecule has 0 spiro atoms. The summed E-state index contributed by atoms with van der Waals surface area (Å²) in [5.41, 5.74) is 0. The first kappa shape index (κ1) is 8.53. The first-order valence-electron chi connectivity index (χ1n) is 3.51. The summed E-state index contributed by atoms with van der Waals surface area (Å²) in [4.78, 5) is 0. The van der Waals surface area contributed by atoms with Gasteiger partial charge in [0.2, 0.25) is 0 Å². The number of allylic oxidation sites excluding steroid dienone is 3. The summed E-state index contributed by atoms with van der Waals surface area (Å²) in [5.74, 6) is 0. The summed E-state index contributed by atoms with van der Waals surface area (Å²) in [6.07, 6.45) is 9.47. The van der Waals surface area contributed by atoms with Gasteiger partial charge in [0.05, 0.1) is 6.26 Å². The van der Waals surface area contributed by atoms with E-state index in [-0.39, 0.29) is 0 Å². The van der Waals surface area contributed by atoms with Crippen molar-refractivity contribution >= 4 is 9.84 Å². The molecule has 1 rings (SSSR count). The zero-order valence-electron chi connectivity index (χ0n) is 6.78. The molecular weight excluding hydrogens is 160 g/mol. The number of hydrogen-bond donors (Lipinski definition) is 0. The Balaban J connectivity index is 3.04. The molecule has 0 aliphatic heterocycles. The van der Waals surface area contributed by atoms with Gasteiger partial charge in [-0.3, -0.25) is 0 Å². The molecule has 1 N–H and O–H groups in total. The lowest BCUT2D eigenvalue weighted by atomic mass is 10.0. The lowest BCUT2D eigenvalue weighted by molar-refractivity contribution is 0.585. The molecule has 0 aromatic carbocycles. The molecule has 0 saturated carbocycles. The van der Waals surface area contributed by atoms with Gasteiger partial charge in [0, 0.05) is 0 Å². The third-order valence-electron chi connectivity index (χ3n) is 2.08. The Morgan fingerprint density at radius 2 is 2.18 bits per heavy atom. The highest BCUT2D eigenvalue weighted by Gasteiger charge is 2.36. The van der Waals surface area contributed by atoms with Gasteiger partial charge in [0.25, 0.3) is 9.84 Å². The SMILES string of the molecule is CC1(S(C)(=O)=[OH+])C=CC=CC1. The standard InChI is InChI=1S/C8H12O2S/c1-8(11(2,9)10)6-4-3-5-7-8/h3-6H,7H2,1-2H3/p+1. The lowest BCUT2D eigenvalue weighted by Crippen LogP contribution is -2.32. The van der Waals surface area contributed by atoms with Crippen LogP contribution in [0.25, 0.3) is 0 Å². The van der Waals surface area contributed by atoms with E-state index in [0.717, 1.165) is 0 Å². The molecule has 2 nitrogen and oxygen atoms in total. The average Bonchev–Trinajstić information content (AvgIpc) is 1.87. The summed E-state index contributed by atoms with van der Waals surface area (Å²) >= 11 is 0. The summed E-state index contributed by atoms with van der Waals surface area (Å²) < 4.78 is 20.1. The monoisotopic (exact) mass is 173 g/mol. The Hall–Kier alpha value is -0.570. The van der Waals surface area contributed by atoms with E-state index in [1.165, 1.54) is 6.26 Å². The molecule has 2 atom stereocenters. The van der Waals surface area contributed by atoms with E-state index in [4.69, 9.17) is 0 Å². The molecular formula is C8H13O2S+. The Bertz CT molecular complexity index is 298. The van der Waals surface area contributed by atoms with Gasteiger partial charge >= 0.3 is 0 Å². The molecule has 11 heavy (non-hydrogen) atoms.